The number of amides is 2. The number of benzene rings is 2. The van der Waals surface area contributed by atoms with Gasteiger partial charge in [0.1, 0.15) is 0 Å². The van der Waals surface area contributed by atoms with Crippen LogP contribution in [0.5, 0.6) is 0 Å². The van der Waals surface area contributed by atoms with Crippen molar-refractivity contribution < 1.29 is 9.59 Å². The maximum absolute atomic E-state index is 12.1. The van der Waals surface area contributed by atoms with Gasteiger partial charge in [-0.1, -0.05) is 18.2 Å². The summed E-state index contributed by atoms with van der Waals surface area (Å²) in [6.45, 7) is 5.60. The molecule has 23 heavy (non-hydrogen) atoms. The van der Waals surface area contributed by atoms with Gasteiger partial charge in [0.25, 0.3) is 0 Å². The van der Waals surface area contributed by atoms with Gasteiger partial charge in [0.05, 0.1) is 6.54 Å². The second kappa shape index (κ2) is 7.45. The van der Waals surface area contributed by atoms with E-state index in [4.69, 9.17) is 0 Å². The highest BCUT2D eigenvalue weighted by molar-refractivity contribution is 5.94. The molecule has 0 spiro atoms. The molecule has 0 saturated heterocycles. The van der Waals surface area contributed by atoms with Gasteiger partial charge in [0.15, 0.2) is 0 Å². The minimum atomic E-state index is -0.130. The van der Waals surface area contributed by atoms with Crippen LogP contribution in [0.2, 0.25) is 0 Å². The Morgan fingerprint density at radius 1 is 0.957 bits per heavy atom. The highest BCUT2D eigenvalue weighted by atomic mass is 16.2. The quantitative estimate of drug-likeness (QED) is 0.793. The van der Waals surface area contributed by atoms with Crippen LogP contribution in [0.3, 0.4) is 0 Å². The minimum Gasteiger partial charge on any atom is -0.376 e. The van der Waals surface area contributed by atoms with Crippen molar-refractivity contribution in [2.75, 3.05) is 22.5 Å². The van der Waals surface area contributed by atoms with Crippen LogP contribution in [0.4, 0.5) is 17.1 Å². The Morgan fingerprint density at radius 2 is 1.65 bits per heavy atom. The third kappa shape index (κ3) is 4.85. The van der Waals surface area contributed by atoms with E-state index in [9.17, 15) is 9.59 Å². The molecule has 5 heteroatoms. The average Bonchev–Trinajstić information content (AvgIpc) is 2.50. The van der Waals surface area contributed by atoms with Gasteiger partial charge in [-0.25, -0.2) is 0 Å². The first-order valence-corrected chi connectivity index (χ1v) is 7.43. The first-order valence-electron chi connectivity index (χ1n) is 7.43. The zero-order chi connectivity index (χ0) is 16.8. The van der Waals surface area contributed by atoms with Gasteiger partial charge in [0, 0.05) is 24.0 Å². The van der Waals surface area contributed by atoms with E-state index >= 15 is 0 Å². The molecule has 0 heterocycles. The van der Waals surface area contributed by atoms with E-state index in [1.165, 1.54) is 6.92 Å². The SMILES string of the molecule is CC(=O)Nc1cccc(NCC(=O)Nc2cccc(C)c2C)c1. The molecular formula is C18H21N3O2. The standard InChI is InChI=1S/C18H21N3O2/c1-12-6-4-9-17(13(12)2)21-18(23)11-19-15-7-5-8-16(10-15)20-14(3)22/h4-10,19H,11H2,1-3H3,(H,20,22)(H,21,23). The summed E-state index contributed by atoms with van der Waals surface area (Å²) in [6.07, 6.45) is 0. The molecule has 120 valence electrons. The number of hydrogen-bond acceptors (Lipinski definition) is 3. The number of aryl methyl sites for hydroxylation is 1. The molecule has 3 N–H and O–H groups in total. The largest absolute Gasteiger partial charge is 0.376 e. The molecule has 0 saturated carbocycles. The molecule has 0 fully saturated rings. The van der Waals surface area contributed by atoms with Gasteiger partial charge < -0.3 is 16.0 Å². The minimum absolute atomic E-state index is 0.122. The third-order valence-electron chi connectivity index (χ3n) is 3.51. The van der Waals surface area contributed by atoms with Gasteiger partial charge in [-0.2, -0.15) is 0 Å². The fourth-order valence-electron chi connectivity index (χ4n) is 2.17. The normalized spacial score (nSPS) is 10.0. The van der Waals surface area contributed by atoms with Crippen molar-refractivity contribution in [1.29, 1.82) is 0 Å². The Hall–Kier alpha value is -2.82. The number of hydrogen-bond donors (Lipinski definition) is 3. The van der Waals surface area contributed by atoms with Crippen LogP contribution in [-0.2, 0) is 9.59 Å². The summed E-state index contributed by atoms with van der Waals surface area (Å²) in [5, 5.41) is 8.65. The maximum atomic E-state index is 12.1. The number of carbonyl (C=O) groups is 2. The van der Waals surface area contributed by atoms with Crippen molar-refractivity contribution in [2.45, 2.75) is 20.8 Å². The summed E-state index contributed by atoms with van der Waals surface area (Å²) in [4.78, 5) is 23.1. The number of carbonyl (C=O) groups excluding carboxylic acids is 2. The summed E-state index contributed by atoms with van der Waals surface area (Å²) < 4.78 is 0. The van der Waals surface area contributed by atoms with Gasteiger partial charge in [0.2, 0.25) is 11.8 Å². The summed E-state index contributed by atoms with van der Waals surface area (Å²) >= 11 is 0. The Kier molecular flexibility index (Phi) is 5.36. The maximum Gasteiger partial charge on any atom is 0.243 e. The van der Waals surface area contributed by atoms with Crippen molar-refractivity contribution in [1.82, 2.24) is 0 Å². The lowest BCUT2D eigenvalue weighted by Gasteiger charge is -2.12. The lowest BCUT2D eigenvalue weighted by molar-refractivity contribution is -0.115. The molecule has 0 unspecified atom stereocenters. The fraction of sp³-hybridized carbons (Fsp3) is 0.222. The smallest absolute Gasteiger partial charge is 0.243 e. The van der Waals surface area contributed by atoms with Crippen LogP contribution in [0.15, 0.2) is 42.5 Å². The highest BCUT2D eigenvalue weighted by Crippen LogP contribution is 2.18. The first kappa shape index (κ1) is 16.5. The van der Waals surface area contributed by atoms with Crippen LogP contribution >= 0.6 is 0 Å². The molecule has 0 aliphatic heterocycles. The van der Waals surface area contributed by atoms with E-state index in [1.54, 1.807) is 12.1 Å². The molecule has 0 aromatic heterocycles. The second-order valence-electron chi connectivity index (χ2n) is 5.41. The number of anilines is 3. The monoisotopic (exact) mass is 311 g/mol. The van der Waals surface area contributed by atoms with Gasteiger partial charge in [-0.05, 0) is 49.2 Å². The van der Waals surface area contributed by atoms with E-state index in [-0.39, 0.29) is 18.4 Å². The summed E-state index contributed by atoms with van der Waals surface area (Å²) in [6, 6.07) is 13.1. The van der Waals surface area contributed by atoms with Crippen LogP contribution in [0, 0.1) is 13.8 Å². The topological polar surface area (TPSA) is 70.2 Å². The van der Waals surface area contributed by atoms with Crippen molar-refractivity contribution in [3.63, 3.8) is 0 Å². The summed E-state index contributed by atoms with van der Waals surface area (Å²) in [7, 11) is 0. The molecular weight excluding hydrogens is 290 g/mol. The second-order valence-corrected chi connectivity index (χ2v) is 5.41. The van der Waals surface area contributed by atoms with E-state index < -0.39 is 0 Å². The van der Waals surface area contributed by atoms with Crippen molar-refractivity contribution >= 4 is 28.9 Å². The molecule has 0 atom stereocenters. The van der Waals surface area contributed by atoms with E-state index in [0.717, 1.165) is 22.5 Å². The molecule has 0 radical (unpaired) electrons. The molecule has 0 aliphatic rings. The van der Waals surface area contributed by atoms with E-state index in [1.807, 2.05) is 44.2 Å². The van der Waals surface area contributed by atoms with Crippen LogP contribution in [0.1, 0.15) is 18.1 Å². The van der Waals surface area contributed by atoms with Crippen molar-refractivity contribution in [3.8, 4) is 0 Å². The third-order valence-corrected chi connectivity index (χ3v) is 3.51. The lowest BCUT2D eigenvalue weighted by atomic mass is 10.1. The summed E-state index contributed by atoms with van der Waals surface area (Å²) in [5.41, 5.74) is 4.49. The van der Waals surface area contributed by atoms with Crippen LogP contribution < -0.4 is 16.0 Å². The van der Waals surface area contributed by atoms with E-state index in [0.29, 0.717) is 5.69 Å². The number of rotatable bonds is 5. The molecule has 2 aromatic rings. The molecule has 0 bridgehead atoms. The fourth-order valence-corrected chi connectivity index (χ4v) is 2.17. The average molecular weight is 311 g/mol. The zero-order valence-electron chi connectivity index (χ0n) is 13.6. The Morgan fingerprint density at radius 3 is 2.39 bits per heavy atom. The van der Waals surface area contributed by atoms with Crippen LogP contribution in [-0.4, -0.2) is 18.4 Å². The van der Waals surface area contributed by atoms with Crippen molar-refractivity contribution in [3.05, 3.63) is 53.6 Å². The molecule has 2 amide bonds. The highest BCUT2D eigenvalue weighted by Gasteiger charge is 2.06. The van der Waals surface area contributed by atoms with Crippen molar-refractivity contribution in [2.24, 2.45) is 0 Å². The van der Waals surface area contributed by atoms with E-state index in [2.05, 4.69) is 16.0 Å². The predicted molar refractivity (Wildman–Crippen MR) is 93.8 cm³/mol. The molecule has 2 aromatic carbocycles. The molecule has 5 nitrogen and oxygen atoms in total. The van der Waals surface area contributed by atoms with Gasteiger partial charge in [-0.15, -0.1) is 0 Å². The number of nitrogens with one attached hydrogen (secondary N) is 3. The Labute approximate surface area is 136 Å². The Balaban J connectivity index is 1.94. The van der Waals surface area contributed by atoms with Gasteiger partial charge >= 0.3 is 0 Å². The Bertz CT molecular complexity index is 726. The van der Waals surface area contributed by atoms with Crippen LogP contribution in [0.25, 0.3) is 0 Å². The first-order chi connectivity index (χ1) is 11.0. The lowest BCUT2D eigenvalue weighted by Crippen LogP contribution is -2.22. The zero-order valence-corrected chi connectivity index (χ0v) is 13.6. The molecule has 2 rings (SSSR count). The summed E-state index contributed by atoms with van der Waals surface area (Å²) in [5.74, 6) is -0.251. The van der Waals surface area contributed by atoms with Gasteiger partial charge in [-0.3, -0.25) is 9.59 Å². The molecule has 0 aliphatic carbocycles. The predicted octanol–water partition coefficient (Wildman–Crippen LogP) is 3.31.